The van der Waals surface area contributed by atoms with E-state index in [1.807, 2.05) is 55.8 Å². The lowest BCUT2D eigenvalue weighted by Gasteiger charge is -2.33. The van der Waals surface area contributed by atoms with Gasteiger partial charge in [-0.05, 0) is 39.1 Å². The molecule has 0 bridgehead atoms. The summed E-state index contributed by atoms with van der Waals surface area (Å²) in [5.74, 6) is 0.712. The SMILES string of the molecule is CN(C)CCOc1ccccc1C(=O)N1CCC[C@@H](n2ccnc2)C1. The zero-order valence-electron chi connectivity index (χ0n) is 15.0. The van der Waals surface area contributed by atoms with Gasteiger partial charge in [0.2, 0.25) is 0 Å². The maximum absolute atomic E-state index is 13.0. The summed E-state index contributed by atoms with van der Waals surface area (Å²) < 4.78 is 7.95. The first-order valence-electron chi connectivity index (χ1n) is 8.78. The van der Waals surface area contributed by atoms with E-state index in [1.165, 1.54) is 0 Å². The van der Waals surface area contributed by atoms with Crippen LogP contribution in [0.1, 0.15) is 29.2 Å². The van der Waals surface area contributed by atoms with E-state index in [9.17, 15) is 4.79 Å². The van der Waals surface area contributed by atoms with Crippen molar-refractivity contribution in [3.05, 3.63) is 48.5 Å². The van der Waals surface area contributed by atoms with Crippen LogP contribution in [-0.4, -0.2) is 65.6 Å². The van der Waals surface area contributed by atoms with Crippen LogP contribution < -0.4 is 4.74 Å². The maximum Gasteiger partial charge on any atom is 0.257 e. The van der Waals surface area contributed by atoms with Crippen LogP contribution in [0.4, 0.5) is 0 Å². The summed E-state index contributed by atoms with van der Waals surface area (Å²) in [6.45, 7) is 2.88. The number of carbonyl (C=O) groups is 1. The van der Waals surface area contributed by atoms with E-state index < -0.39 is 0 Å². The first kappa shape index (κ1) is 17.5. The molecule has 1 aromatic carbocycles. The smallest absolute Gasteiger partial charge is 0.257 e. The number of nitrogens with zero attached hydrogens (tertiary/aromatic N) is 4. The lowest BCUT2D eigenvalue weighted by molar-refractivity contribution is 0.0674. The Hall–Kier alpha value is -2.34. The van der Waals surface area contributed by atoms with Gasteiger partial charge < -0.3 is 19.1 Å². The van der Waals surface area contributed by atoms with E-state index in [4.69, 9.17) is 4.74 Å². The van der Waals surface area contributed by atoms with Crippen molar-refractivity contribution in [2.75, 3.05) is 40.3 Å². The Balaban J connectivity index is 1.70. The number of hydrogen-bond acceptors (Lipinski definition) is 4. The Morgan fingerprint density at radius 2 is 2.20 bits per heavy atom. The van der Waals surface area contributed by atoms with Crippen molar-refractivity contribution in [3.8, 4) is 5.75 Å². The highest BCUT2D eigenvalue weighted by molar-refractivity contribution is 5.97. The molecule has 6 nitrogen and oxygen atoms in total. The van der Waals surface area contributed by atoms with E-state index in [-0.39, 0.29) is 5.91 Å². The van der Waals surface area contributed by atoms with Crippen molar-refractivity contribution in [2.24, 2.45) is 0 Å². The van der Waals surface area contributed by atoms with Crippen LogP contribution in [0.3, 0.4) is 0 Å². The zero-order chi connectivity index (χ0) is 17.6. The first-order valence-corrected chi connectivity index (χ1v) is 8.78. The molecule has 6 heteroatoms. The molecule has 2 heterocycles. The summed E-state index contributed by atoms with van der Waals surface area (Å²) in [6.07, 6.45) is 7.65. The molecule has 0 aliphatic carbocycles. The molecular formula is C19H26N4O2. The number of likely N-dealkylation sites (N-methyl/N-ethyl adjacent to an activating group) is 1. The fourth-order valence-electron chi connectivity index (χ4n) is 3.15. The highest BCUT2D eigenvalue weighted by Gasteiger charge is 2.26. The molecule has 1 saturated heterocycles. The Morgan fingerprint density at radius 3 is 2.96 bits per heavy atom. The van der Waals surface area contributed by atoms with Gasteiger partial charge in [-0.3, -0.25) is 4.79 Å². The van der Waals surface area contributed by atoms with Gasteiger partial charge >= 0.3 is 0 Å². The number of rotatable bonds is 6. The van der Waals surface area contributed by atoms with Crippen LogP contribution in [0.2, 0.25) is 0 Å². The standard InChI is InChI=1S/C19H26N4O2/c1-21(2)12-13-25-18-8-4-3-7-17(18)19(24)22-10-5-6-16(14-22)23-11-9-20-15-23/h3-4,7-9,11,15-16H,5-6,10,12-14H2,1-2H3/t16-/m1/s1. The molecule has 0 spiro atoms. The predicted molar refractivity (Wildman–Crippen MR) is 96.9 cm³/mol. The molecule has 1 aliphatic heterocycles. The van der Waals surface area contributed by atoms with Crippen molar-refractivity contribution in [1.82, 2.24) is 19.4 Å². The molecule has 134 valence electrons. The number of piperidine rings is 1. The first-order chi connectivity index (χ1) is 12.1. The van der Waals surface area contributed by atoms with Gasteiger partial charge in [-0.25, -0.2) is 4.98 Å². The summed E-state index contributed by atoms with van der Waals surface area (Å²) in [5.41, 5.74) is 0.646. The molecule has 2 aromatic rings. The van der Waals surface area contributed by atoms with E-state index in [2.05, 4.69) is 14.5 Å². The number of aromatic nitrogens is 2. The number of carbonyl (C=O) groups excluding carboxylic acids is 1. The summed E-state index contributed by atoms with van der Waals surface area (Å²) in [7, 11) is 4.01. The quantitative estimate of drug-likeness (QED) is 0.808. The largest absolute Gasteiger partial charge is 0.491 e. The second kappa shape index (κ2) is 8.16. The molecule has 1 aromatic heterocycles. The van der Waals surface area contributed by atoms with Gasteiger partial charge in [0.25, 0.3) is 5.91 Å². The topological polar surface area (TPSA) is 50.6 Å². The Kier molecular flexibility index (Phi) is 5.71. The van der Waals surface area contributed by atoms with Gasteiger partial charge in [0.1, 0.15) is 12.4 Å². The molecule has 1 atom stereocenters. The fraction of sp³-hybridized carbons (Fsp3) is 0.474. The minimum Gasteiger partial charge on any atom is -0.491 e. The maximum atomic E-state index is 13.0. The van der Waals surface area contributed by atoms with Crippen molar-refractivity contribution in [1.29, 1.82) is 0 Å². The number of hydrogen-bond donors (Lipinski definition) is 0. The number of ether oxygens (including phenoxy) is 1. The van der Waals surface area contributed by atoms with E-state index >= 15 is 0 Å². The van der Waals surface area contributed by atoms with Crippen LogP contribution >= 0.6 is 0 Å². The molecular weight excluding hydrogens is 316 g/mol. The lowest BCUT2D eigenvalue weighted by Crippen LogP contribution is -2.40. The number of benzene rings is 1. The summed E-state index contributed by atoms with van der Waals surface area (Å²) in [6, 6.07) is 7.83. The summed E-state index contributed by atoms with van der Waals surface area (Å²) in [4.78, 5) is 21.2. The number of likely N-dealkylation sites (tertiary alicyclic amines) is 1. The number of amides is 1. The average molecular weight is 342 g/mol. The highest BCUT2D eigenvalue weighted by Crippen LogP contribution is 2.25. The number of imidazole rings is 1. The summed E-state index contributed by atoms with van der Waals surface area (Å²) >= 11 is 0. The molecule has 0 radical (unpaired) electrons. The molecule has 1 aliphatic rings. The zero-order valence-corrected chi connectivity index (χ0v) is 15.0. The average Bonchev–Trinajstić information content (AvgIpc) is 3.16. The van der Waals surface area contributed by atoms with Gasteiger partial charge in [0, 0.05) is 32.0 Å². The van der Waals surface area contributed by atoms with Gasteiger partial charge in [0.15, 0.2) is 0 Å². The molecule has 25 heavy (non-hydrogen) atoms. The van der Waals surface area contributed by atoms with Crippen LogP contribution in [0, 0.1) is 0 Å². The minimum atomic E-state index is 0.0465. The van der Waals surface area contributed by atoms with Crippen LogP contribution in [0.25, 0.3) is 0 Å². The van der Waals surface area contributed by atoms with E-state index in [0.717, 1.165) is 25.9 Å². The van der Waals surface area contributed by atoms with Crippen molar-refractivity contribution in [3.63, 3.8) is 0 Å². The Bertz CT molecular complexity index is 684. The molecule has 3 rings (SSSR count). The Morgan fingerprint density at radius 1 is 1.36 bits per heavy atom. The van der Waals surface area contributed by atoms with E-state index in [0.29, 0.717) is 30.5 Å². The molecule has 0 N–H and O–H groups in total. The second-order valence-electron chi connectivity index (χ2n) is 6.71. The van der Waals surface area contributed by atoms with Crippen molar-refractivity contribution in [2.45, 2.75) is 18.9 Å². The van der Waals surface area contributed by atoms with Gasteiger partial charge in [0.05, 0.1) is 17.9 Å². The fourth-order valence-corrected chi connectivity index (χ4v) is 3.15. The predicted octanol–water partition coefficient (Wildman–Crippen LogP) is 2.30. The molecule has 1 amide bonds. The second-order valence-corrected chi connectivity index (χ2v) is 6.71. The normalized spacial score (nSPS) is 17.7. The van der Waals surface area contributed by atoms with E-state index in [1.54, 1.807) is 6.20 Å². The molecule has 0 saturated carbocycles. The molecule has 1 fully saturated rings. The van der Waals surface area contributed by atoms with Gasteiger partial charge in [-0.1, -0.05) is 12.1 Å². The van der Waals surface area contributed by atoms with Crippen LogP contribution in [-0.2, 0) is 0 Å². The van der Waals surface area contributed by atoms with Gasteiger partial charge in [-0.15, -0.1) is 0 Å². The number of para-hydroxylation sites is 1. The highest BCUT2D eigenvalue weighted by atomic mass is 16.5. The lowest BCUT2D eigenvalue weighted by atomic mass is 10.0. The third kappa shape index (κ3) is 4.39. The van der Waals surface area contributed by atoms with Crippen molar-refractivity contribution >= 4 is 5.91 Å². The third-order valence-electron chi connectivity index (χ3n) is 4.54. The van der Waals surface area contributed by atoms with Gasteiger partial charge in [-0.2, -0.15) is 0 Å². The van der Waals surface area contributed by atoms with Crippen LogP contribution in [0.15, 0.2) is 43.0 Å². The monoisotopic (exact) mass is 342 g/mol. The molecule has 0 unspecified atom stereocenters. The minimum absolute atomic E-state index is 0.0465. The van der Waals surface area contributed by atoms with Crippen molar-refractivity contribution < 1.29 is 9.53 Å². The third-order valence-corrected chi connectivity index (χ3v) is 4.54. The van der Waals surface area contributed by atoms with Crippen LogP contribution in [0.5, 0.6) is 5.75 Å². The Labute approximate surface area is 149 Å². The summed E-state index contributed by atoms with van der Waals surface area (Å²) in [5, 5.41) is 0.